The number of aliphatic imine (C=N–C) groups is 1. The van der Waals surface area contributed by atoms with Crippen LogP contribution in [0.2, 0.25) is 5.02 Å². The van der Waals surface area contributed by atoms with Crippen molar-refractivity contribution in [3.8, 4) is 0 Å². The first-order chi connectivity index (χ1) is 9.81. The molecule has 0 atom stereocenters. The van der Waals surface area contributed by atoms with Crippen LogP contribution in [0.4, 0.5) is 0 Å². The summed E-state index contributed by atoms with van der Waals surface area (Å²) in [4.78, 5) is 4.72. The number of benzene rings is 2. The smallest absolute Gasteiger partial charge is 0.0725 e. The molecule has 0 amide bonds. The van der Waals surface area contributed by atoms with Crippen LogP contribution in [-0.2, 0) is 12.8 Å². The lowest BCUT2D eigenvalue weighted by Gasteiger charge is -2.11. The second-order valence-electron chi connectivity index (χ2n) is 4.94. The Morgan fingerprint density at radius 1 is 1.00 bits per heavy atom. The van der Waals surface area contributed by atoms with E-state index in [-0.39, 0.29) is 0 Å². The molecule has 1 aliphatic rings. The quantitative estimate of drug-likeness (QED) is 0.903. The third-order valence-electron chi connectivity index (χ3n) is 3.69. The summed E-state index contributed by atoms with van der Waals surface area (Å²) in [5, 5.41) is 0.829. The van der Waals surface area contributed by atoms with Crippen LogP contribution in [0.25, 0.3) is 0 Å². The standard InChI is InChI=1S/C17H17ClN2/c18-16-7-3-6-15-14(16)9-8-12-4-1-2-5-13(12)17(15)20-11-10-19/h1-7H,8-11,19H2/b20-17-. The fraction of sp³-hybridized carbons (Fsp3) is 0.235. The summed E-state index contributed by atoms with van der Waals surface area (Å²) >= 11 is 6.38. The zero-order chi connectivity index (χ0) is 13.9. The van der Waals surface area contributed by atoms with Gasteiger partial charge in [0.05, 0.1) is 12.3 Å². The van der Waals surface area contributed by atoms with Crippen molar-refractivity contribution >= 4 is 17.3 Å². The van der Waals surface area contributed by atoms with E-state index in [1.165, 1.54) is 16.7 Å². The van der Waals surface area contributed by atoms with Gasteiger partial charge in [-0.1, -0.05) is 48.0 Å². The Morgan fingerprint density at radius 3 is 2.65 bits per heavy atom. The maximum atomic E-state index is 6.38. The van der Waals surface area contributed by atoms with Crippen LogP contribution >= 0.6 is 11.6 Å². The molecule has 0 bridgehead atoms. The van der Waals surface area contributed by atoms with Crippen molar-refractivity contribution in [1.82, 2.24) is 0 Å². The van der Waals surface area contributed by atoms with E-state index in [9.17, 15) is 0 Å². The predicted octanol–water partition coefficient (Wildman–Crippen LogP) is 3.23. The van der Waals surface area contributed by atoms with Crippen molar-refractivity contribution < 1.29 is 0 Å². The van der Waals surface area contributed by atoms with Crippen LogP contribution in [0.3, 0.4) is 0 Å². The minimum Gasteiger partial charge on any atom is -0.329 e. The van der Waals surface area contributed by atoms with Gasteiger partial charge in [-0.2, -0.15) is 0 Å². The molecular formula is C17H17ClN2. The summed E-state index contributed by atoms with van der Waals surface area (Å²) in [6.07, 6.45) is 1.95. The number of hydrogen-bond acceptors (Lipinski definition) is 2. The zero-order valence-corrected chi connectivity index (χ0v) is 12.0. The van der Waals surface area contributed by atoms with Gasteiger partial charge in [0.15, 0.2) is 0 Å². The highest BCUT2D eigenvalue weighted by Crippen LogP contribution is 2.29. The average molecular weight is 285 g/mol. The normalized spacial score (nSPS) is 15.6. The van der Waals surface area contributed by atoms with Crippen LogP contribution in [0.5, 0.6) is 0 Å². The van der Waals surface area contributed by atoms with E-state index >= 15 is 0 Å². The SMILES string of the molecule is NCC/N=C1/c2ccccc2CCc2c(Cl)cccc21. The molecule has 0 spiro atoms. The van der Waals surface area contributed by atoms with Gasteiger partial charge in [0.2, 0.25) is 0 Å². The zero-order valence-electron chi connectivity index (χ0n) is 11.3. The summed E-state index contributed by atoms with van der Waals surface area (Å²) < 4.78 is 0. The molecule has 20 heavy (non-hydrogen) atoms. The Balaban J connectivity index is 2.23. The second-order valence-corrected chi connectivity index (χ2v) is 5.35. The van der Waals surface area contributed by atoms with Crippen LogP contribution in [0.1, 0.15) is 22.3 Å². The van der Waals surface area contributed by atoms with E-state index in [0.717, 1.165) is 29.1 Å². The van der Waals surface area contributed by atoms with Crippen molar-refractivity contribution in [3.05, 3.63) is 69.7 Å². The maximum absolute atomic E-state index is 6.38. The maximum Gasteiger partial charge on any atom is 0.0725 e. The van der Waals surface area contributed by atoms with Gasteiger partial charge in [-0.05, 0) is 30.0 Å². The lowest BCUT2D eigenvalue weighted by molar-refractivity contribution is 0.965. The monoisotopic (exact) mass is 284 g/mol. The van der Waals surface area contributed by atoms with E-state index < -0.39 is 0 Å². The minimum atomic E-state index is 0.557. The summed E-state index contributed by atoms with van der Waals surface area (Å²) in [6.45, 7) is 1.19. The topological polar surface area (TPSA) is 38.4 Å². The Labute approximate surface area is 124 Å². The summed E-state index contributed by atoms with van der Waals surface area (Å²) in [5.41, 5.74) is 11.5. The largest absolute Gasteiger partial charge is 0.329 e. The molecule has 1 aliphatic carbocycles. The number of fused-ring (bicyclic) bond motifs is 2. The van der Waals surface area contributed by atoms with Crippen LogP contribution in [0, 0.1) is 0 Å². The van der Waals surface area contributed by atoms with E-state index in [4.69, 9.17) is 22.3 Å². The molecule has 102 valence electrons. The molecule has 2 N–H and O–H groups in total. The first-order valence-corrected chi connectivity index (χ1v) is 7.29. The molecule has 2 nitrogen and oxygen atoms in total. The van der Waals surface area contributed by atoms with Crippen LogP contribution < -0.4 is 5.73 Å². The number of nitrogens with two attached hydrogens (primary N) is 1. The van der Waals surface area contributed by atoms with E-state index in [1.54, 1.807) is 0 Å². The molecule has 0 fully saturated rings. The highest BCUT2D eigenvalue weighted by molar-refractivity contribution is 6.32. The van der Waals surface area contributed by atoms with Gasteiger partial charge in [-0.3, -0.25) is 4.99 Å². The molecule has 3 heteroatoms. The molecule has 0 aromatic heterocycles. The molecule has 0 radical (unpaired) electrons. The van der Waals surface area contributed by atoms with Gasteiger partial charge in [0.25, 0.3) is 0 Å². The molecule has 0 unspecified atom stereocenters. The Kier molecular flexibility index (Phi) is 3.86. The number of aryl methyl sites for hydroxylation is 1. The molecule has 0 heterocycles. The average Bonchev–Trinajstić information content (AvgIpc) is 2.63. The third kappa shape index (κ3) is 2.37. The van der Waals surface area contributed by atoms with E-state index in [0.29, 0.717) is 13.1 Å². The number of hydrogen-bond donors (Lipinski definition) is 1. The fourth-order valence-electron chi connectivity index (χ4n) is 2.76. The molecular weight excluding hydrogens is 268 g/mol. The lowest BCUT2D eigenvalue weighted by Crippen LogP contribution is -2.10. The Bertz CT molecular complexity index is 662. The number of halogens is 1. The number of nitrogens with zero attached hydrogens (tertiary/aromatic N) is 1. The number of rotatable bonds is 2. The highest BCUT2D eigenvalue weighted by Gasteiger charge is 2.20. The van der Waals surface area contributed by atoms with Gasteiger partial charge in [0, 0.05) is 22.7 Å². The molecule has 0 saturated carbocycles. The minimum absolute atomic E-state index is 0.557. The Hall–Kier alpha value is -1.64. The van der Waals surface area contributed by atoms with Crippen molar-refractivity contribution in [3.63, 3.8) is 0 Å². The van der Waals surface area contributed by atoms with Gasteiger partial charge < -0.3 is 5.73 Å². The van der Waals surface area contributed by atoms with Gasteiger partial charge in [0.1, 0.15) is 0 Å². The summed E-state index contributed by atoms with van der Waals surface area (Å²) in [5.74, 6) is 0. The van der Waals surface area contributed by atoms with Gasteiger partial charge >= 0.3 is 0 Å². The molecule has 0 saturated heterocycles. The highest BCUT2D eigenvalue weighted by atomic mass is 35.5. The molecule has 3 rings (SSSR count). The van der Waals surface area contributed by atoms with Crippen LogP contribution in [0.15, 0.2) is 47.5 Å². The Morgan fingerprint density at radius 2 is 1.80 bits per heavy atom. The van der Waals surface area contributed by atoms with Crippen molar-refractivity contribution in [2.45, 2.75) is 12.8 Å². The molecule has 0 aliphatic heterocycles. The second kappa shape index (κ2) is 5.78. The van der Waals surface area contributed by atoms with Crippen molar-refractivity contribution in [2.75, 3.05) is 13.1 Å². The molecule has 2 aromatic rings. The van der Waals surface area contributed by atoms with E-state index in [2.05, 4.69) is 30.3 Å². The third-order valence-corrected chi connectivity index (χ3v) is 4.04. The summed E-state index contributed by atoms with van der Waals surface area (Å²) in [6, 6.07) is 14.5. The van der Waals surface area contributed by atoms with Gasteiger partial charge in [-0.15, -0.1) is 0 Å². The van der Waals surface area contributed by atoms with Crippen LogP contribution in [-0.4, -0.2) is 18.8 Å². The fourth-order valence-corrected chi connectivity index (χ4v) is 3.02. The van der Waals surface area contributed by atoms with Crippen molar-refractivity contribution in [2.24, 2.45) is 10.7 Å². The molecule has 2 aromatic carbocycles. The first-order valence-electron chi connectivity index (χ1n) is 6.92. The van der Waals surface area contributed by atoms with Gasteiger partial charge in [-0.25, -0.2) is 0 Å². The lowest BCUT2D eigenvalue weighted by atomic mass is 9.98. The predicted molar refractivity (Wildman–Crippen MR) is 84.9 cm³/mol. The first kappa shape index (κ1) is 13.3. The summed E-state index contributed by atoms with van der Waals surface area (Å²) in [7, 11) is 0. The van der Waals surface area contributed by atoms with E-state index in [1.807, 2.05) is 12.1 Å². The van der Waals surface area contributed by atoms with Crippen molar-refractivity contribution in [1.29, 1.82) is 0 Å².